The lowest BCUT2D eigenvalue weighted by Crippen LogP contribution is -2.31. The van der Waals surface area contributed by atoms with Gasteiger partial charge in [0.2, 0.25) is 0 Å². The number of nitrogens with one attached hydrogen (secondary N) is 1. The number of amides is 3. The molecule has 0 atom stereocenters. The second-order valence-electron chi connectivity index (χ2n) is 7.25. The van der Waals surface area contributed by atoms with Crippen molar-refractivity contribution < 1.29 is 14.4 Å². The molecule has 4 rings (SSSR count). The summed E-state index contributed by atoms with van der Waals surface area (Å²) in [7, 11) is 0. The van der Waals surface area contributed by atoms with E-state index in [9.17, 15) is 14.4 Å². The molecular formula is C25H22N2O3. The molecule has 150 valence electrons. The molecule has 0 saturated carbocycles. The van der Waals surface area contributed by atoms with Crippen LogP contribution in [0.5, 0.6) is 0 Å². The minimum atomic E-state index is -0.343. The fraction of sp³-hybridized carbons (Fsp3) is 0.160. The Morgan fingerprint density at radius 1 is 0.733 bits per heavy atom. The Bertz CT molecular complexity index is 1080. The lowest BCUT2D eigenvalue weighted by molar-refractivity contribution is 0.0656. The molecule has 30 heavy (non-hydrogen) atoms. The number of nitrogens with zero attached hydrogens (tertiary/aromatic N) is 1. The van der Waals surface area contributed by atoms with Crippen molar-refractivity contribution in [3.63, 3.8) is 0 Å². The molecule has 5 heteroatoms. The maximum absolute atomic E-state index is 12.8. The summed E-state index contributed by atoms with van der Waals surface area (Å²) < 4.78 is 0. The topological polar surface area (TPSA) is 66.5 Å². The summed E-state index contributed by atoms with van der Waals surface area (Å²) in [4.78, 5) is 39.2. The zero-order chi connectivity index (χ0) is 20.9. The SMILES string of the molecule is O=C(NCCc1ccccc1)c1ccc2c(c1)C(=O)N(CCc1ccccc1)C2=O. The number of imide groups is 1. The van der Waals surface area contributed by atoms with Crippen LogP contribution >= 0.6 is 0 Å². The van der Waals surface area contributed by atoms with E-state index in [-0.39, 0.29) is 17.7 Å². The highest BCUT2D eigenvalue weighted by atomic mass is 16.2. The third-order valence-electron chi connectivity index (χ3n) is 5.24. The first-order chi connectivity index (χ1) is 14.6. The molecular weight excluding hydrogens is 376 g/mol. The first-order valence-corrected chi connectivity index (χ1v) is 10.00. The van der Waals surface area contributed by atoms with E-state index in [1.807, 2.05) is 60.7 Å². The maximum atomic E-state index is 12.8. The summed E-state index contributed by atoms with van der Waals surface area (Å²) in [5.74, 6) is -0.899. The van der Waals surface area contributed by atoms with Gasteiger partial charge in [-0.3, -0.25) is 19.3 Å². The van der Waals surface area contributed by atoms with Gasteiger partial charge in [-0.15, -0.1) is 0 Å². The lowest BCUT2D eigenvalue weighted by atomic mass is 10.1. The second kappa shape index (κ2) is 8.74. The predicted octanol–water partition coefficient (Wildman–Crippen LogP) is 3.50. The first kappa shape index (κ1) is 19.6. The van der Waals surface area contributed by atoms with Crippen molar-refractivity contribution in [1.82, 2.24) is 10.2 Å². The van der Waals surface area contributed by atoms with Gasteiger partial charge in [0.25, 0.3) is 17.7 Å². The summed E-state index contributed by atoms with van der Waals surface area (Å²) in [5, 5.41) is 2.87. The molecule has 3 aromatic rings. The van der Waals surface area contributed by atoms with Crippen LogP contribution in [0.1, 0.15) is 42.2 Å². The van der Waals surface area contributed by atoms with E-state index in [0.717, 1.165) is 17.5 Å². The molecule has 1 aliphatic heterocycles. The molecule has 3 aromatic carbocycles. The summed E-state index contributed by atoms with van der Waals surface area (Å²) in [6.45, 7) is 0.810. The van der Waals surface area contributed by atoms with Gasteiger partial charge < -0.3 is 5.32 Å². The van der Waals surface area contributed by atoms with Crippen LogP contribution in [0.2, 0.25) is 0 Å². The summed E-state index contributed by atoms with van der Waals surface area (Å²) in [6.07, 6.45) is 1.32. The Morgan fingerprint density at radius 3 is 2.00 bits per heavy atom. The molecule has 0 fully saturated rings. The van der Waals surface area contributed by atoms with Crippen LogP contribution in [0.4, 0.5) is 0 Å². The highest BCUT2D eigenvalue weighted by molar-refractivity contribution is 6.22. The molecule has 0 aromatic heterocycles. The van der Waals surface area contributed by atoms with Gasteiger partial charge in [-0.25, -0.2) is 0 Å². The van der Waals surface area contributed by atoms with Crippen molar-refractivity contribution in [3.05, 3.63) is 107 Å². The Morgan fingerprint density at radius 2 is 1.33 bits per heavy atom. The molecule has 0 bridgehead atoms. The smallest absolute Gasteiger partial charge is 0.261 e. The molecule has 1 N–H and O–H groups in total. The van der Waals surface area contributed by atoms with E-state index < -0.39 is 0 Å². The van der Waals surface area contributed by atoms with Gasteiger partial charge in [-0.05, 0) is 42.2 Å². The third-order valence-corrected chi connectivity index (χ3v) is 5.24. The number of benzene rings is 3. The molecule has 1 aliphatic rings. The summed E-state index contributed by atoms with van der Waals surface area (Å²) >= 11 is 0. The van der Waals surface area contributed by atoms with Crippen LogP contribution in [-0.4, -0.2) is 35.7 Å². The number of rotatable bonds is 7. The van der Waals surface area contributed by atoms with E-state index in [0.29, 0.717) is 36.2 Å². The number of fused-ring (bicyclic) bond motifs is 1. The molecule has 0 spiro atoms. The molecule has 0 saturated heterocycles. The third kappa shape index (κ3) is 4.15. The number of hydrogen-bond donors (Lipinski definition) is 1. The first-order valence-electron chi connectivity index (χ1n) is 10.00. The van der Waals surface area contributed by atoms with E-state index in [4.69, 9.17) is 0 Å². The largest absolute Gasteiger partial charge is 0.352 e. The van der Waals surface area contributed by atoms with Gasteiger partial charge in [-0.2, -0.15) is 0 Å². The number of hydrogen-bond acceptors (Lipinski definition) is 3. The Kier molecular flexibility index (Phi) is 5.70. The Hall–Kier alpha value is -3.73. The fourth-order valence-corrected chi connectivity index (χ4v) is 3.59. The number of carbonyl (C=O) groups is 3. The second-order valence-corrected chi connectivity index (χ2v) is 7.25. The van der Waals surface area contributed by atoms with Crippen LogP contribution in [0.3, 0.4) is 0 Å². The predicted molar refractivity (Wildman–Crippen MR) is 114 cm³/mol. The average molecular weight is 398 g/mol. The van der Waals surface area contributed by atoms with Crippen molar-refractivity contribution >= 4 is 17.7 Å². The fourth-order valence-electron chi connectivity index (χ4n) is 3.59. The van der Waals surface area contributed by atoms with E-state index in [2.05, 4.69) is 5.32 Å². The maximum Gasteiger partial charge on any atom is 0.261 e. The molecule has 1 heterocycles. The van der Waals surface area contributed by atoms with Crippen molar-refractivity contribution in [2.45, 2.75) is 12.8 Å². The van der Waals surface area contributed by atoms with Gasteiger partial charge in [-0.1, -0.05) is 60.7 Å². The molecule has 0 aliphatic carbocycles. The highest BCUT2D eigenvalue weighted by Gasteiger charge is 2.35. The molecule has 0 unspecified atom stereocenters. The van der Waals surface area contributed by atoms with E-state index >= 15 is 0 Å². The van der Waals surface area contributed by atoms with Gasteiger partial charge in [0.1, 0.15) is 0 Å². The van der Waals surface area contributed by atoms with Crippen molar-refractivity contribution in [1.29, 1.82) is 0 Å². The molecule has 0 radical (unpaired) electrons. The molecule has 3 amide bonds. The highest BCUT2D eigenvalue weighted by Crippen LogP contribution is 2.24. The zero-order valence-corrected chi connectivity index (χ0v) is 16.5. The van der Waals surface area contributed by atoms with Crippen molar-refractivity contribution in [2.24, 2.45) is 0 Å². The normalized spacial score (nSPS) is 12.7. The molecule has 5 nitrogen and oxygen atoms in total. The van der Waals surface area contributed by atoms with Gasteiger partial charge in [0.05, 0.1) is 11.1 Å². The van der Waals surface area contributed by atoms with Crippen molar-refractivity contribution in [2.75, 3.05) is 13.1 Å². The minimum Gasteiger partial charge on any atom is -0.352 e. The van der Waals surface area contributed by atoms with Crippen LogP contribution in [-0.2, 0) is 12.8 Å². The van der Waals surface area contributed by atoms with Crippen LogP contribution in [0, 0.1) is 0 Å². The van der Waals surface area contributed by atoms with Gasteiger partial charge in [0.15, 0.2) is 0 Å². The average Bonchev–Trinajstić information content (AvgIpc) is 3.03. The number of carbonyl (C=O) groups excluding carboxylic acids is 3. The Balaban J connectivity index is 1.40. The van der Waals surface area contributed by atoms with E-state index in [1.54, 1.807) is 12.1 Å². The monoisotopic (exact) mass is 398 g/mol. The van der Waals surface area contributed by atoms with Crippen LogP contribution in [0.25, 0.3) is 0 Å². The van der Waals surface area contributed by atoms with Gasteiger partial charge >= 0.3 is 0 Å². The van der Waals surface area contributed by atoms with Crippen LogP contribution < -0.4 is 5.32 Å². The zero-order valence-electron chi connectivity index (χ0n) is 16.5. The lowest BCUT2D eigenvalue weighted by Gasteiger charge is -2.13. The quantitative estimate of drug-likeness (QED) is 0.620. The minimum absolute atomic E-state index is 0.253. The van der Waals surface area contributed by atoms with Gasteiger partial charge in [0, 0.05) is 18.7 Å². The summed E-state index contributed by atoms with van der Waals surface area (Å²) in [5.41, 5.74) is 3.24. The van der Waals surface area contributed by atoms with Crippen LogP contribution in [0.15, 0.2) is 78.9 Å². The van der Waals surface area contributed by atoms with Crippen molar-refractivity contribution in [3.8, 4) is 0 Å². The Labute approximate surface area is 175 Å². The summed E-state index contributed by atoms with van der Waals surface area (Å²) in [6, 6.07) is 24.3. The standard InChI is InChI=1S/C25H22N2O3/c28-23(26-15-13-18-7-3-1-4-8-18)20-11-12-21-22(17-20)25(30)27(24(21)29)16-14-19-9-5-2-6-10-19/h1-12,17H,13-16H2,(H,26,28). The van der Waals surface area contributed by atoms with E-state index in [1.165, 1.54) is 11.0 Å².